The fourth-order valence-corrected chi connectivity index (χ4v) is 5.20. The van der Waals surface area contributed by atoms with Gasteiger partial charge in [-0.3, -0.25) is 9.69 Å². The molecule has 0 unspecified atom stereocenters. The van der Waals surface area contributed by atoms with Gasteiger partial charge in [0, 0.05) is 28.6 Å². The third-order valence-corrected chi connectivity index (χ3v) is 6.64. The van der Waals surface area contributed by atoms with E-state index in [0.29, 0.717) is 29.8 Å². The Morgan fingerprint density at radius 2 is 2.07 bits per heavy atom. The first-order chi connectivity index (χ1) is 14.5. The predicted molar refractivity (Wildman–Crippen MR) is 116 cm³/mol. The quantitative estimate of drug-likeness (QED) is 0.658. The number of nitriles is 1. The van der Waals surface area contributed by atoms with Gasteiger partial charge in [-0.1, -0.05) is 29.4 Å². The van der Waals surface area contributed by atoms with E-state index in [-0.39, 0.29) is 22.9 Å². The minimum absolute atomic E-state index is 0.00469. The zero-order chi connectivity index (χ0) is 21.3. The molecule has 0 N–H and O–H groups in total. The maximum atomic E-state index is 14.5. The molecule has 30 heavy (non-hydrogen) atoms. The van der Waals surface area contributed by atoms with Gasteiger partial charge < -0.3 is 9.64 Å². The number of carbonyl (C=O) groups is 1. The molecule has 1 amide bonds. The fraction of sp³-hybridized carbons (Fsp3) is 0.273. The van der Waals surface area contributed by atoms with Gasteiger partial charge in [-0.05, 0) is 43.3 Å². The first-order valence-corrected chi connectivity index (χ1v) is 10.9. The van der Waals surface area contributed by atoms with E-state index >= 15 is 0 Å². The van der Waals surface area contributed by atoms with E-state index in [4.69, 9.17) is 16.3 Å². The van der Waals surface area contributed by atoms with Crippen molar-refractivity contribution >= 4 is 35.0 Å². The minimum Gasteiger partial charge on any atom is -0.494 e. The Morgan fingerprint density at radius 1 is 1.30 bits per heavy atom. The first kappa shape index (κ1) is 20.6. The lowest BCUT2D eigenvalue weighted by Gasteiger charge is -2.42. The predicted octanol–water partition coefficient (Wildman–Crippen LogP) is 5.10. The largest absolute Gasteiger partial charge is 0.494 e. The number of hydrogen-bond donors (Lipinski definition) is 0. The van der Waals surface area contributed by atoms with E-state index in [2.05, 4.69) is 6.07 Å². The number of ether oxygens (including phenoxy) is 1. The molecule has 8 heteroatoms. The van der Waals surface area contributed by atoms with Crippen LogP contribution in [-0.4, -0.2) is 30.0 Å². The molecule has 0 spiro atoms. The highest BCUT2D eigenvalue weighted by molar-refractivity contribution is 8.03. The summed E-state index contributed by atoms with van der Waals surface area (Å²) in [5.41, 5.74) is 1.55. The molecular weight excluding hydrogens is 425 g/mol. The van der Waals surface area contributed by atoms with Crippen LogP contribution in [0.15, 0.2) is 53.1 Å². The first-order valence-electron chi connectivity index (χ1n) is 9.52. The topological polar surface area (TPSA) is 56.6 Å². The molecule has 2 aromatic rings. The second-order valence-electron chi connectivity index (χ2n) is 6.93. The number of allylic oxidation sites excluding steroid dienone is 1. The van der Waals surface area contributed by atoms with Crippen molar-refractivity contribution in [3.63, 3.8) is 0 Å². The monoisotopic (exact) mass is 443 g/mol. The summed E-state index contributed by atoms with van der Waals surface area (Å²) < 4.78 is 20.0. The summed E-state index contributed by atoms with van der Waals surface area (Å²) >= 11 is 7.63. The van der Waals surface area contributed by atoms with Crippen molar-refractivity contribution in [1.29, 1.82) is 5.26 Å². The lowest BCUT2D eigenvalue weighted by atomic mass is 9.86. The Bertz CT molecular complexity index is 1030. The number of thioether (sulfide) groups is 1. The molecule has 5 nitrogen and oxygen atoms in total. The van der Waals surface area contributed by atoms with E-state index in [1.807, 2.05) is 36.1 Å². The van der Waals surface area contributed by atoms with Crippen LogP contribution in [0.4, 0.5) is 10.1 Å². The van der Waals surface area contributed by atoms with Gasteiger partial charge in [0.1, 0.15) is 11.6 Å². The van der Waals surface area contributed by atoms with Gasteiger partial charge in [0.25, 0.3) is 0 Å². The van der Waals surface area contributed by atoms with E-state index in [0.717, 1.165) is 11.4 Å². The van der Waals surface area contributed by atoms with E-state index in [9.17, 15) is 14.4 Å². The van der Waals surface area contributed by atoms with Gasteiger partial charge in [-0.15, -0.1) is 0 Å². The summed E-state index contributed by atoms with van der Waals surface area (Å²) in [6.07, 6.45) is 0.00469. The number of amides is 1. The molecule has 0 saturated carbocycles. The standard InChI is InChI=1S/C22H19ClFN3O2S/c1-2-29-15-8-6-14(7-9-15)26-12-27-20(28)10-16(17(11-25)22(27)30-13-26)21-18(23)4-3-5-19(21)24/h3-9,16H,2,10,12-13H2,1H3/t16-/m0/s1. The Morgan fingerprint density at radius 3 is 2.73 bits per heavy atom. The maximum absolute atomic E-state index is 14.5. The molecule has 2 aliphatic heterocycles. The number of halogens is 2. The molecule has 1 saturated heterocycles. The van der Waals surface area contributed by atoms with Crippen molar-refractivity contribution < 1.29 is 13.9 Å². The third kappa shape index (κ3) is 3.73. The second-order valence-corrected chi connectivity index (χ2v) is 8.27. The van der Waals surface area contributed by atoms with Crippen LogP contribution >= 0.6 is 23.4 Å². The van der Waals surface area contributed by atoms with Crippen molar-refractivity contribution in [3.05, 3.63) is 69.5 Å². The van der Waals surface area contributed by atoms with Crippen molar-refractivity contribution in [2.24, 2.45) is 0 Å². The van der Waals surface area contributed by atoms with E-state index in [1.54, 1.807) is 11.0 Å². The summed E-state index contributed by atoms with van der Waals surface area (Å²) in [7, 11) is 0. The summed E-state index contributed by atoms with van der Waals surface area (Å²) in [5.74, 6) is 0.0231. The van der Waals surface area contributed by atoms with Gasteiger partial charge >= 0.3 is 0 Å². The fourth-order valence-electron chi connectivity index (χ4n) is 3.74. The molecule has 1 atom stereocenters. The molecule has 2 aromatic carbocycles. The number of benzene rings is 2. The van der Waals surface area contributed by atoms with Gasteiger partial charge in [-0.2, -0.15) is 5.26 Å². The van der Waals surface area contributed by atoms with Crippen LogP contribution in [0.25, 0.3) is 0 Å². The SMILES string of the molecule is CCOc1ccc(N2CSC3=C(C#N)[C@@H](c4c(F)cccc4Cl)CC(=O)N3C2)cc1. The number of rotatable bonds is 4. The Kier molecular flexibility index (Phi) is 5.89. The smallest absolute Gasteiger partial charge is 0.229 e. The van der Waals surface area contributed by atoms with Gasteiger partial charge in [-0.25, -0.2) is 4.39 Å². The van der Waals surface area contributed by atoms with Crippen LogP contribution in [0.1, 0.15) is 24.8 Å². The zero-order valence-electron chi connectivity index (χ0n) is 16.3. The van der Waals surface area contributed by atoms with E-state index in [1.165, 1.54) is 23.9 Å². The molecule has 2 heterocycles. The Labute approximate surface area is 183 Å². The van der Waals surface area contributed by atoms with Gasteiger partial charge in [0.15, 0.2) is 0 Å². The van der Waals surface area contributed by atoms with Crippen LogP contribution in [0.2, 0.25) is 5.02 Å². The minimum atomic E-state index is -0.674. The normalized spacial score (nSPS) is 18.9. The van der Waals surface area contributed by atoms with Crippen molar-refractivity contribution in [1.82, 2.24) is 4.90 Å². The van der Waals surface area contributed by atoms with Crippen molar-refractivity contribution in [2.75, 3.05) is 24.1 Å². The highest BCUT2D eigenvalue weighted by Crippen LogP contribution is 2.45. The molecule has 2 aliphatic rings. The van der Waals surface area contributed by atoms with Crippen molar-refractivity contribution in [3.8, 4) is 11.8 Å². The average molecular weight is 444 g/mol. The Hall–Kier alpha value is -2.69. The molecule has 0 aliphatic carbocycles. The molecule has 0 aromatic heterocycles. The second kappa shape index (κ2) is 8.58. The average Bonchev–Trinajstić information content (AvgIpc) is 2.74. The number of hydrogen-bond acceptors (Lipinski definition) is 5. The summed E-state index contributed by atoms with van der Waals surface area (Å²) in [6, 6.07) is 14.3. The van der Waals surface area contributed by atoms with Crippen LogP contribution in [0.5, 0.6) is 5.75 Å². The molecule has 4 rings (SSSR count). The highest BCUT2D eigenvalue weighted by atomic mass is 35.5. The number of carbonyl (C=O) groups excluding carboxylic acids is 1. The number of fused-ring (bicyclic) bond motifs is 1. The van der Waals surface area contributed by atoms with Gasteiger partial charge in [0.2, 0.25) is 5.91 Å². The highest BCUT2D eigenvalue weighted by Gasteiger charge is 2.39. The summed E-state index contributed by atoms with van der Waals surface area (Å²) in [4.78, 5) is 16.6. The zero-order valence-corrected chi connectivity index (χ0v) is 17.8. The lowest BCUT2D eigenvalue weighted by Crippen LogP contribution is -2.47. The molecule has 0 radical (unpaired) electrons. The van der Waals surface area contributed by atoms with Crippen molar-refractivity contribution in [2.45, 2.75) is 19.3 Å². The van der Waals surface area contributed by atoms with Crippen LogP contribution in [-0.2, 0) is 4.79 Å². The number of anilines is 1. The van der Waals surface area contributed by atoms with E-state index < -0.39 is 11.7 Å². The summed E-state index contributed by atoms with van der Waals surface area (Å²) in [5, 5.41) is 10.7. The Balaban J connectivity index is 1.64. The molecule has 0 bridgehead atoms. The molecular formula is C22H19ClFN3O2S. The number of nitrogens with zero attached hydrogens (tertiary/aromatic N) is 3. The van der Waals surface area contributed by atoms with Crippen LogP contribution in [0, 0.1) is 17.1 Å². The molecule has 154 valence electrons. The maximum Gasteiger partial charge on any atom is 0.229 e. The van der Waals surface area contributed by atoms with Crippen LogP contribution in [0.3, 0.4) is 0 Å². The lowest BCUT2D eigenvalue weighted by molar-refractivity contribution is -0.129. The molecule has 1 fully saturated rings. The van der Waals surface area contributed by atoms with Gasteiger partial charge in [0.05, 0.1) is 35.8 Å². The van der Waals surface area contributed by atoms with Crippen LogP contribution < -0.4 is 9.64 Å². The summed E-state index contributed by atoms with van der Waals surface area (Å²) in [6.45, 7) is 2.86. The third-order valence-electron chi connectivity index (χ3n) is 5.15.